The van der Waals surface area contributed by atoms with Crippen LogP contribution in [0.1, 0.15) is 39.5 Å². The minimum absolute atomic E-state index is 0.0587. The summed E-state index contributed by atoms with van der Waals surface area (Å²) in [6, 6.07) is 1.32. The predicted octanol–water partition coefficient (Wildman–Crippen LogP) is 3.18. The number of hydrogen-bond acceptors (Lipinski definition) is 8. The Labute approximate surface area is 189 Å². The zero-order chi connectivity index (χ0) is 23.1. The number of aliphatic hydroxyl groups is 1. The maximum absolute atomic E-state index is 14.0. The van der Waals surface area contributed by atoms with Crippen LogP contribution in [0.15, 0.2) is 23.5 Å². The SMILES string of the molecule is COc1ncc(NC2=C(C(=N)OCCN3CCC(C(C)(C)O)CC3)CCOCC2)cc1F. The zero-order valence-corrected chi connectivity index (χ0v) is 19.2. The monoisotopic (exact) mass is 450 g/mol. The highest BCUT2D eigenvalue weighted by atomic mass is 19.1. The molecular formula is C23H35FN4O4. The number of methoxy groups -OCH3 is 1. The lowest BCUT2D eigenvalue weighted by Gasteiger charge is -2.37. The Kier molecular flexibility index (Phi) is 8.44. The number of likely N-dealkylation sites (tertiary alicyclic amines) is 1. The summed E-state index contributed by atoms with van der Waals surface area (Å²) in [6.07, 6.45) is 4.54. The number of nitrogens with zero attached hydrogens (tertiary/aromatic N) is 2. The van der Waals surface area contributed by atoms with E-state index in [1.807, 2.05) is 13.8 Å². The van der Waals surface area contributed by atoms with Crippen LogP contribution in [0.4, 0.5) is 10.1 Å². The zero-order valence-electron chi connectivity index (χ0n) is 19.2. The van der Waals surface area contributed by atoms with Crippen molar-refractivity contribution < 1.29 is 23.7 Å². The Morgan fingerprint density at radius 3 is 2.72 bits per heavy atom. The molecule has 0 aliphatic carbocycles. The van der Waals surface area contributed by atoms with Crippen molar-refractivity contribution in [3.8, 4) is 5.88 Å². The summed E-state index contributed by atoms with van der Waals surface area (Å²) in [4.78, 5) is 6.27. The number of pyridine rings is 1. The van der Waals surface area contributed by atoms with Crippen LogP contribution in [0.5, 0.6) is 5.88 Å². The van der Waals surface area contributed by atoms with Crippen LogP contribution in [0.2, 0.25) is 0 Å². The van der Waals surface area contributed by atoms with E-state index in [1.165, 1.54) is 19.4 Å². The topological polar surface area (TPSA) is 99.9 Å². The minimum Gasteiger partial charge on any atom is -0.479 e. The van der Waals surface area contributed by atoms with Crippen LogP contribution in [0, 0.1) is 17.1 Å². The molecule has 0 unspecified atom stereocenters. The molecule has 0 amide bonds. The average molecular weight is 451 g/mol. The number of aromatic nitrogens is 1. The molecule has 0 spiro atoms. The Balaban J connectivity index is 1.56. The highest BCUT2D eigenvalue weighted by Gasteiger charge is 2.30. The molecule has 2 aliphatic heterocycles. The van der Waals surface area contributed by atoms with Gasteiger partial charge in [-0.1, -0.05) is 0 Å². The summed E-state index contributed by atoms with van der Waals surface area (Å²) in [7, 11) is 1.37. The largest absolute Gasteiger partial charge is 0.479 e. The van der Waals surface area contributed by atoms with E-state index in [2.05, 4.69) is 15.2 Å². The molecule has 2 aliphatic rings. The summed E-state index contributed by atoms with van der Waals surface area (Å²) < 4.78 is 30.2. The molecule has 9 heteroatoms. The molecule has 0 aromatic carbocycles. The van der Waals surface area contributed by atoms with Gasteiger partial charge in [0.15, 0.2) is 5.82 Å². The lowest BCUT2D eigenvalue weighted by atomic mass is 9.83. The van der Waals surface area contributed by atoms with Gasteiger partial charge < -0.3 is 24.6 Å². The molecule has 3 heterocycles. The predicted molar refractivity (Wildman–Crippen MR) is 121 cm³/mol. The van der Waals surface area contributed by atoms with Gasteiger partial charge in [0.1, 0.15) is 6.61 Å². The van der Waals surface area contributed by atoms with Crippen molar-refractivity contribution in [1.29, 1.82) is 5.41 Å². The Morgan fingerprint density at radius 1 is 1.34 bits per heavy atom. The Morgan fingerprint density at radius 2 is 2.06 bits per heavy atom. The molecule has 0 radical (unpaired) electrons. The van der Waals surface area contributed by atoms with Crippen molar-refractivity contribution in [3.05, 3.63) is 29.4 Å². The van der Waals surface area contributed by atoms with Crippen molar-refractivity contribution >= 4 is 11.6 Å². The van der Waals surface area contributed by atoms with E-state index in [9.17, 15) is 9.50 Å². The first-order valence-corrected chi connectivity index (χ1v) is 11.2. The van der Waals surface area contributed by atoms with Crippen molar-refractivity contribution in [3.63, 3.8) is 0 Å². The van der Waals surface area contributed by atoms with Crippen LogP contribution in [-0.4, -0.2) is 73.1 Å². The number of piperidine rings is 1. The van der Waals surface area contributed by atoms with Gasteiger partial charge in [0.05, 0.1) is 37.8 Å². The fourth-order valence-corrected chi connectivity index (χ4v) is 4.19. The van der Waals surface area contributed by atoms with E-state index in [0.29, 0.717) is 44.3 Å². The van der Waals surface area contributed by atoms with Crippen molar-refractivity contribution in [2.45, 2.75) is 45.1 Å². The summed E-state index contributed by atoms with van der Waals surface area (Å²) >= 11 is 0. The van der Waals surface area contributed by atoms with E-state index < -0.39 is 11.4 Å². The quantitative estimate of drug-likeness (QED) is 0.413. The van der Waals surface area contributed by atoms with Gasteiger partial charge in [-0.3, -0.25) is 10.3 Å². The summed E-state index contributed by atoms with van der Waals surface area (Å²) in [5, 5.41) is 21.9. The van der Waals surface area contributed by atoms with E-state index in [-0.39, 0.29) is 11.8 Å². The highest BCUT2D eigenvalue weighted by Crippen LogP contribution is 2.28. The molecule has 3 N–H and O–H groups in total. The van der Waals surface area contributed by atoms with Gasteiger partial charge in [-0.25, -0.2) is 9.37 Å². The molecule has 1 aromatic rings. The molecule has 1 fully saturated rings. The second-order valence-electron chi connectivity index (χ2n) is 8.86. The number of anilines is 1. The molecule has 1 saturated heterocycles. The average Bonchev–Trinajstić information content (AvgIpc) is 2.99. The Hall–Kier alpha value is -2.23. The lowest BCUT2D eigenvalue weighted by Crippen LogP contribution is -2.43. The van der Waals surface area contributed by atoms with Crippen molar-refractivity contribution in [2.24, 2.45) is 5.92 Å². The molecule has 32 heavy (non-hydrogen) atoms. The normalized spacial score (nSPS) is 18.9. The molecule has 8 nitrogen and oxygen atoms in total. The summed E-state index contributed by atoms with van der Waals surface area (Å²) in [5.74, 6) is -0.174. The van der Waals surface area contributed by atoms with Gasteiger partial charge in [0.25, 0.3) is 0 Å². The third kappa shape index (κ3) is 6.63. The Bertz CT molecular complexity index is 817. The number of halogens is 1. The van der Waals surface area contributed by atoms with Gasteiger partial charge in [0, 0.05) is 36.7 Å². The molecule has 3 rings (SSSR count). The standard InChI is InChI=1S/C23H35FN4O4/c1-23(2,29)16-4-8-28(9-5-16)10-13-32-21(25)18-6-11-31-12-7-20(18)27-17-14-19(24)22(30-3)26-15-17/h14-16,25,27,29H,4-13H2,1-3H3. The van der Waals surface area contributed by atoms with Gasteiger partial charge in [-0.05, 0) is 45.7 Å². The molecule has 1 aromatic heterocycles. The van der Waals surface area contributed by atoms with Crippen LogP contribution < -0.4 is 10.1 Å². The second-order valence-corrected chi connectivity index (χ2v) is 8.86. The van der Waals surface area contributed by atoms with Gasteiger partial charge in [0.2, 0.25) is 11.8 Å². The number of nitrogens with one attached hydrogen (secondary N) is 2. The van der Waals surface area contributed by atoms with E-state index in [4.69, 9.17) is 19.6 Å². The van der Waals surface area contributed by atoms with Crippen LogP contribution in [-0.2, 0) is 9.47 Å². The van der Waals surface area contributed by atoms with E-state index >= 15 is 0 Å². The van der Waals surface area contributed by atoms with Gasteiger partial charge in [-0.2, -0.15) is 0 Å². The van der Waals surface area contributed by atoms with Gasteiger partial charge in [-0.15, -0.1) is 0 Å². The first kappa shape index (κ1) is 24.4. The molecule has 0 atom stereocenters. The third-order valence-corrected chi connectivity index (χ3v) is 6.17. The van der Waals surface area contributed by atoms with Crippen molar-refractivity contribution in [2.75, 3.05) is 51.9 Å². The molecular weight excluding hydrogens is 415 g/mol. The van der Waals surface area contributed by atoms with E-state index in [1.54, 1.807) is 0 Å². The van der Waals surface area contributed by atoms with Crippen molar-refractivity contribution in [1.82, 2.24) is 9.88 Å². The van der Waals surface area contributed by atoms with Crippen LogP contribution in [0.25, 0.3) is 0 Å². The number of rotatable bonds is 8. The molecule has 0 bridgehead atoms. The van der Waals surface area contributed by atoms with Crippen LogP contribution >= 0.6 is 0 Å². The lowest BCUT2D eigenvalue weighted by molar-refractivity contribution is -0.0139. The fraction of sp³-hybridized carbons (Fsp3) is 0.652. The minimum atomic E-state index is -0.634. The number of hydrogen-bond donors (Lipinski definition) is 3. The van der Waals surface area contributed by atoms with E-state index in [0.717, 1.165) is 43.7 Å². The highest BCUT2D eigenvalue weighted by molar-refractivity contribution is 5.92. The maximum Gasteiger partial charge on any atom is 0.250 e. The first-order chi connectivity index (χ1) is 15.3. The number of ether oxygens (including phenoxy) is 3. The van der Waals surface area contributed by atoms with Gasteiger partial charge >= 0.3 is 0 Å². The third-order valence-electron chi connectivity index (χ3n) is 6.17. The summed E-state index contributed by atoms with van der Waals surface area (Å²) in [5.41, 5.74) is 1.37. The smallest absolute Gasteiger partial charge is 0.250 e. The van der Waals surface area contributed by atoms with Crippen LogP contribution in [0.3, 0.4) is 0 Å². The second kappa shape index (κ2) is 11.1. The molecule has 0 saturated carbocycles. The fourth-order valence-electron chi connectivity index (χ4n) is 4.19. The first-order valence-electron chi connectivity index (χ1n) is 11.2. The maximum atomic E-state index is 14.0. The molecule has 178 valence electrons. The summed E-state index contributed by atoms with van der Waals surface area (Å²) in [6.45, 7) is 7.78.